The minimum Gasteiger partial charge on any atom is -0.479 e. The number of carbonyl (C=O) groups is 1. The minimum atomic E-state index is -1.38. The Kier molecular flexibility index (Phi) is 4.05. The monoisotopic (exact) mass is 366 g/mol. The van der Waals surface area contributed by atoms with Crippen molar-refractivity contribution in [2.24, 2.45) is 0 Å². The lowest BCUT2D eigenvalue weighted by atomic mass is 9.86. The Balaban J connectivity index is 1.63. The molecule has 0 atom stereocenters. The van der Waals surface area contributed by atoms with Gasteiger partial charge in [-0.15, -0.1) is 0 Å². The summed E-state index contributed by atoms with van der Waals surface area (Å²) in [6, 6.07) is 14.2. The number of aliphatic carboxylic acids is 1. The van der Waals surface area contributed by atoms with Crippen molar-refractivity contribution in [2.75, 3.05) is 5.32 Å². The highest BCUT2D eigenvalue weighted by molar-refractivity contribution is 7.22. The average molecular weight is 366 g/mol. The third-order valence-corrected chi connectivity index (χ3v) is 5.27. The Morgan fingerprint density at radius 3 is 2.58 bits per heavy atom. The van der Waals surface area contributed by atoms with Gasteiger partial charge in [0.25, 0.3) is 0 Å². The van der Waals surface area contributed by atoms with E-state index in [0.717, 1.165) is 5.56 Å². The minimum absolute atomic E-state index is 0.0231. The van der Waals surface area contributed by atoms with Crippen LogP contribution in [0.2, 0.25) is 0 Å². The van der Waals surface area contributed by atoms with E-state index < -0.39 is 11.5 Å². The molecule has 0 amide bonds. The fraction of sp³-hybridized carbons (Fsp3) is 0.100. The zero-order valence-electron chi connectivity index (χ0n) is 13.6. The van der Waals surface area contributed by atoms with Crippen molar-refractivity contribution in [1.82, 2.24) is 4.98 Å². The predicted molar refractivity (Wildman–Crippen MR) is 101 cm³/mol. The summed E-state index contributed by atoms with van der Waals surface area (Å²) in [5.41, 5.74) is 0.345. The molecular formula is C20H15FN2O2S. The summed E-state index contributed by atoms with van der Waals surface area (Å²) in [6.45, 7) is 0. The molecule has 6 heteroatoms. The predicted octanol–water partition coefficient (Wildman–Crippen LogP) is 4.58. The van der Waals surface area contributed by atoms with E-state index in [1.807, 2.05) is 42.5 Å². The summed E-state index contributed by atoms with van der Waals surface area (Å²) in [5.74, 6) is -1.35. The number of carboxylic acids is 1. The maximum atomic E-state index is 13.4. The topological polar surface area (TPSA) is 62.2 Å². The van der Waals surface area contributed by atoms with Gasteiger partial charge < -0.3 is 10.4 Å². The number of anilines is 1. The van der Waals surface area contributed by atoms with Gasteiger partial charge in [0.15, 0.2) is 10.7 Å². The number of rotatable bonds is 4. The number of allylic oxidation sites excluding steroid dienone is 2. The van der Waals surface area contributed by atoms with Crippen LogP contribution in [-0.2, 0) is 4.79 Å². The second kappa shape index (κ2) is 6.38. The molecule has 0 fully saturated rings. The lowest BCUT2D eigenvalue weighted by molar-refractivity contribution is -0.139. The Morgan fingerprint density at radius 2 is 1.88 bits per heavy atom. The van der Waals surface area contributed by atoms with E-state index in [9.17, 15) is 14.3 Å². The van der Waals surface area contributed by atoms with Gasteiger partial charge in [-0.3, -0.25) is 0 Å². The van der Waals surface area contributed by atoms with E-state index in [2.05, 4.69) is 10.3 Å². The molecule has 0 spiro atoms. The number of benzene rings is 2. The first-order valence-corrected chi connectivity index (χ1v) is 8.89. The van der Waals surface area contributed by atoms with Gasteiger partial charge in [0.1, 0.15) is 5.82 Å². The summed E-state index contributed by atoms with van der Waals surface area (Å²) in [7, 11) is 0. The van der Waals surface area contributed by atoms with Gasteiger partial charge in [0.05, 0.1) is 10.2 Å². The maximum Gasteiger partial charge on any atom is 0.337 e. The second-order valence-electron chi connectivity index (χ2n) is 6.08. The van der Waals surface area contributed by atoms with Crippen molar-refractivity contribution in [1.29, 1.82) is 0 Å². The van der Waals surface area contributed by atoms with Crippen LogP contribution in [0.15, 0.2) is 72.8 Å². The highest BCUT2D eigenvalue weighted by atomic mass is 32.1. The summed E-state index contributed by atoms with van der Waals surface area (Å²) in [5, 5.41) is 13.2. The molecule has 3 aromatic rings. The van der Waals surface area contributed by atoms with Crippen LogP contribution in [0, 0.1) is 5.82 Å². The van der Waals surface area contributed by atoms with Crippen molar-refractivity contribution in [3.8, 4) is 0 Å². The summed E-state index contributed by atoms with van der Waals surface area (Å²) in [4.78, 5) is 16.3. The molecule has 2 N–H and O–H groups in total. The van der Waals surface area contributed by atoms with Gasteiger partial charge in [-0.1, -0.05) is 53.8 Å². The molecule has 1 heterocycles. The number of hydrogen-bond acceptors (Lipinski definition) is 4. The summed E-state index contributed by atoms with van der Waals surface area (Å²) < 4.78 is 14.0. The molecule has 1 aliphatic rings. The SMILES string of the molecule is O=C(O)C1(Nc2nc3ccc(F)cc3s2)C=CC(c2ccccc2)C=C1. The normalized spacial score (nSPS) is 21.8. The fourth-order valence-corrected chi connectivity index (χ4v) is 3.90. The molecule has 1 aromatic heterocycles. The lowest BCUT2D eigenvalue weighted by Gasteiger charge is -2.27. The van der Waals surface area contributed by atoms with Crippen LogP contribution in [-0.4, -0.2) is 21.6 Å². The van der Waals surface area contributed by atoms with E-state index in [1.165, 1.54) is 23.5 Å². The van der Waals surface area contributed by atoms with Crippen LogP contribution in [0.3, 0.4) is 0 Å². The van der Waals surface area contributed by atoms with E-state index in [-0.39, 0.29) is 11.7 Å². The highest BCUT2D eigenvalue weighted by Gasteiger charge is 2.36. The number of fused-ring (bicyclic) bond motifs is 1. The number of hydrogen-bond donors (Lipinski definition) is 2. The maximum absolute atomic E-state index is 13.4. The molecule has 4 nitrogen and oxygen atoms in total. The Hall–Kier alpha value is -2.99. The third kappa shape index (κ3) is 2.99. The number of carboxylic acid groups (broad SMARTS) is 1. The largest absolute Gasteiger partial charge is 0.479 e. The zero-order chi connectivity index (χ0) is 18.1. The first-order valence-electron chi connectivity index (χ1n) is 8.07. The quantitative estimate of drug-likeness (QED) is 0.664. The van der Waals surface area contributed by atoms with Gasteiger partial charge in [-0.25, -0.2) is 14.2 Å². The number of nitrogens with zero attached hydrogens (tertiary/aromatic N) is 1. The third-order valence-electron chi connectivity index (χ3n) is 4.34. The molecule has 0 unspecified atom stereocenters. The molecule has 0 saturated carbocycles. The van der Waals surface area contributed by atoms with Crippen LogP contribution in [0.1, 0.15) is 11.5 Å². The standard InChI is InChI=1S/C20H15FN2O2S/c21-15-6-7-16-17(12-15)26-19(22-16)23-20(18(24)25)10-8-14(9-11-20)13-4-2-1-3-5-13/h1-12,14H,(H,22,23)(H,24,25). The van der Waals surface area contributed by atoms with Gasteiger partial charge in [-0.2, -0.15) is 0 Å². The molecule has 0 saturated heterocycles. The van der Waals surface area contributed by atoms with Crippen LogP contribution in [0.25, 0.3) is 10.2 Å². The molecule has 130 valence electrons. The molecule has 1 aliphatic carbocycles. The molecule has 4 rings (SSSR count). The second-order valence-corrected chi connectivity index (χ2v) is 7.12. The molecular weight excluding hydrogens is 351 g/mol. The fourth-order valence-electron chi connectivity index (χ4n) is 2.94. The summed E-state index contributed by atoms with van der Waals surface area (Å²) in [6.07, 6.45) is 7.01. The number of nitrogens with one attached hydrogen (secondary N) is 1. The van der Waals surface area contributed by atoms with Gasteiger partial charge in [-0.05, 0) is 35.9 Å². The molecule has 0 aliphatic heterocycles. The van der Waals surface area contributed by atoms with Crippen molar-refractivity contribution in [3.05, 3.63) is 84.2 Å². The van der Waals surface area contributed by atoms with Crippen LogP contribution >= 0.6 is 11.3 Å². The zero-order valence-corrected chi connectivity index (χ0v) is 14.4. The van der Waals surface area contributed by atoms with Crippen LogP contribution < -0.4 is 5.32 Å². The number of aromatic nitrogens is 1. The van der Waals surface area contributed by atoms with E-state index in [4.69, 9.17) is 0 Å². The molecule has 0 radical (unpaired) electrons. The van der Waals surface area contributed by atoms with Crippen molar-refractivity contribution in [2.45, 2.75) is 11.5 Å². The van der Waals surface area contributed by atoms with E-state index in [0.29, 0.717) is 15.3 Å². The van der Waals surface area contributed by atoms with Crippen LogP contribution in [0.4, 0.5) is 9.52 Å². The van der Waals surface area contributed by atoms with Gasteiger partial charge >= 0.3 is 5.97 Å². The van der Waals surface area contributed by atoms with E-state index >= 15 is 0 Å². The van der Waals surface area contributed by atoms with Crippen LogP contribution in [0.5, 0.6) is 0 Å². The Morgan fingerprint density at radius 1 is 1.15 bits per heavy atom. The first-order chi connectivity index (χ1) is 12.6. The first kappa shape index (κ1) is 16.5. The molecule has 26 heavy (non-hydrogen) atoms. The summed E-state index contributed by atoms with van der Waals surface area (Å²) >= 11 is 1.22. The van der Waals surface area contributed by atoms with Gasteiger partial charge in [0, 0.05) is 5.92 Å². The van der Waals surface area contributed by atoms with Gasteiger partial charge in [0.2, 0.25) is 0 Å². The molecule has 2 aromatic carbocycles. The lowest BCUT2D eigenvalue weighted by Crippen LogP contribution is -2.43. The van der Waals surface area contributed by atoms with Crippen molar-refractivity contribution in [3.63, 3.8) is 0 Å². The number of thiazole rings is 1. The highest BCUT2D eigenvalue weighted by Crippen LogP contribution is 2.33. The Labute approximate surface area is 153 Å². The number of halogens is 1. The van der Waals surface area contributed by atoms with E-state index in [1.54, 1.807) is 18.2 Å². The Bertz CT molecular complexity index is 1010. The molecule has 0 bridgehead atoms. The smallest absolute Gasteiger partial charge is 0.337 e. The van der Waals surface area contributed by atoms with Crippen molar-refractivity contribution >= 4 is 32.7 Å². The average Bonchev–Trinajstić information content (AvgIpc) is 3.04. The van der Waals surface area contributed by atoms with Crippen molar-refractivity contribution < 1.29 is 14.3 Å².